The molecule has 1 saturated carbocycles. The topological polar surface area (TPSA) is 124 Å². The highest BCUT2D eigenvalue weighted by Gasteiger charge is 2.23. The van der Waals surface area contributed by atoms with Crippen molar-refractivity contribution in [3.05, 3.63) is 51.9 Å². The minimum Gasteiger partial charge on any atom is -0.476 e. The summed E-state index contributed by atoms with van der Waals surface area (Å²) in [4.78, 5) is 24.7. The highest BCUT2D eigenvalue weighted by atomic mass is 35.5. The normalized spacial score (nSPS) is 14.1. The lowest BCUT2D eigenvalue weighted by atomic mass is 10.0. The molecule has 0 bridgehead atoms. The molecule has 0 amide bonds. The summed E-state index contributed by atoms with van der Waals surface area (Å²) >= 11 is 5.86. The van der Waals surface area contributed by atoms with E-state index in [9.17, 15) is 15.2 Å². The van der Waals surface area contributed by atoms with E-state index in [2.05, 4.69) is 26.7 Å². The number of aromatic carboxylic acids is 1. The maximum absolute atomic E-state index is 11.6. The second kappa shape index (κ2) is 8.36. The van der Waals surface area contributed by atoms with E-state index < -0.39 is 5.97 Å². The summed E-state index contributed by atoms with van der Waals surface area (Å²) in [6.45, 7) is 4.61. The van der Waals surface area contributed by atoms with E-state index >= 15 is 0 Å². The summed E-state index contributed by atoms with van der Waals surface area (Å²) < 4.78 is 0. The molecule has 31 heavy (non-hydrogen) atoms. The number of carboxylic acids is 1. The van der Waals surface area contributed by atoms with Gasteiger partial charge in [0.2, 0.25) is 0 Å². The van der Waals surface area contributed by atoms with Crippen molar-refractivity contribution in [3.8, 4) is 6.07 Å². The molecule has 0 aliphatic heterocycles. The fourth-order valence-electron chi connectivity index (χ4n) is 3.45. The number of fused-ring (bicyclic) bond motifs is 1. The number of carbonyl (C=O) groups is 1. The second-order valence-corrected chi connectivity index (χ2v) is 8.17. The number of benzene rings is 1. The van der Waals surface area contributed by atoms with E-state index in [0.29, 0.717) is 28.5 Å². The lowest BCUT2D eigenvalue weighted by molar-refractivity contribution is 0.0691. The van der Waals surface area contributed by atoms with Crippen molar-refractivity contribution in [1.29, 1.82) is 5.26 Å². The monoisotopic (exact) mass is 436 g/mol. The van der Waals surface area contributed by atoms with E-state index in [1.807, 2.05) is 26.0 Å². The Morgan fingerprint density at radius 3 is 2.77 bits per heavy atom. The molecule has 1 aliphatic carbocycles. The second-order valence-electron chi connectivity index (χ2n) is 7.78. The molecule has 0 spiro atoms. The van der Waals surface area contributed by atoms with E-state index in [1.54, 1.807) is 6.07 Å². The first-order valence-corrected chi connectivity index (χ1v) is 10.4. The molecule has 2 aromatic heterocycles. The summed E-state index contributed by atoms with van der Waals surface area (Å²) in [7, 11) is 0. The van der Waals surface area contributed by atoms with E-state index in [0.717, 1.165) is 17.7 Å². The van der Waals surface area contributed by atoms with Crippen molar-refractivity contribution in [2.75, 3.05) is 17.2 Å². The summed E-state index contributed by atoms with van der Waals surface area (Å²) in [6, 6.07) is 8.82. The van der Waals surface area contributed by atoms with Crippen molar-refractivity contribution >= 4 is 40.1 Å². The maximum atomic E-state index is 11.6. The minimum atomic E-state index is -1.17. The van der Waals surface area contributed by atoms with Crippen molar-refractivity contribution in [2.24, 2.45) is 5.92 Å². The average molecular weight is 437 g/mol. The van der Waals surface area contributed by atoms with Gasteiger partial charge in [-0.1, -0.05) is 17.7 Å². The number of nitrogens with zero attached hydrogens (tertiary/aromatic N) is 4. The van der Waals surface area contributed by atoms with Gasteiger partial charge < -0.3 is 15.7 Å². The van der Waals surface area contributed by atoms with Crippen LogP contribution in [0.3, 0.4) is 0 Å². The van der Waals surface area contributed by atoms with Crippen LogP contribution in [0, 0.1) is 24.2 Å². The molecule has 1 atom stereocenters. The third-order valence-electron chi connectivity index (χ3n) is 5.21. The first-order valence-electron chi connectivity index (χ1n) is 9.98. The van der Waals surface area contributed by atoms with Crippen LogP contribution in [0.2, 0.25) is 5.15 Å². The summed E-state index contributed by atoms with van der Waals surface area (Å²) in [5.41, 5.74) is 3.54. The molecule has 9 heteroatoms. The Morgan fingerprint density at radius 1 is 1.32 bits per heavy atom. The molecular weight excluding hydrogens is 416 g/mol. The predicted molar refractivity (Wildman–Crippen MR) is 118 cm³/mol. The maximum Gasteiger partial charge on any atom is 0.356 e. The van der Waals surface area contributed by atoms with Gasteiger partial charge in [0, 0.05) is 12.1 Å². The first-order chi connectivity index (χ1) is 14.9. The van der Waals surface area contributed by atoms with Crippen molar-refractivity contribution < 1.29 is 9.90 Å². The van der Waals surface area contributed by atoms with Crippen LogP contribution in [0.1, 0.15) is 53.1 Å². The van der Waals surface area contributed by atoms with E-state index in [1.165, 1.54) is 18.9 Å². The fraction of sp³-hybridized carbons (Fsp3) is 0.318. The van der Waals surface area contributed by atoms with Gasteiger partial charge in [0.05, 0.1) is 22.8 Å². The van der Waals surface area contributed by atoms with Gasteiger partial charge in [-0.3, -0.25) is 0 Å². The Labute approximate surface area is 184 Å². The van der Waals surface area contributed by atoms with Crippen LogP contribution in [0.25, 0.3) is 11.0 Å². The molecular formula is C22H21ClN6O2. The molecule has 0 radical (unpaired) electrons. The minimum absolute atomic E-state index is 0.109. The van der Waals surface area contributed by atoms with Crippen LogP contribution >= 0.6 is 11.6 Å². The van der Waals surface area contributed by atoms with Gasteiger partial charge in [0.1, 0.15) is 11.2 Å². The van der Waals surface area contributed by atoms with E-state index in [4.69, 9.17) is 16.6 Å². The van der Waals surface area contributed by atoms with Crippen molar-refractivity contribution in [1.82, 2.24) is 15.0 Å². The molecule has 3 aromatic rings. The fourth-order valence-corrected chi connectivity index (χ4v) is 3.60. The van der Waals surface area contributed by atoms with E-state index in [-0.39, 0.29) is 22.6 Å². The Bertz CT molecular complexity index is 1220. The largest absolute Gasteiger partial charge is 0.476 e. The number of nitriles is 1. The molecule has 2 heterocycles. The van der Waals surface area contributed by atoms with Crippen molar-refractivity contribution in [3.63, 3.8) is 0 Å². The molecule has 1 fully saturated rings. The first kappa shape index (κ1) is 20.8. The molecule has 0 unspecified atom stereocenters. The number of aromatic nitrogens is 3. The lowest BCUT2D eigenvalue weighted by Crippen LogP contribution is -2.14. The van der Waals surface area contributed by atoms with Crippen LogP contribution in [0.5, 0.6) is 0 Å². The zero-order chi connectivity index (χ0) is 22.1. The number of rotatable bonds is 7. The molecule has 4 rings (SSSR count). The van der Waals surface area contributed by atoms with Crippen LogP contribution in [0.4, 0.5) is 11.5 Å². The van der Waals surface area contributed by atoms with Crippen LogP contribution in [-0.2, 0) is 0 Å². The van der Waals surface area contributed by atoms with Gasteiger partial charge in [0.15, 0.2) is 17.2 Å². The van der Waals surface area contributed by atoms with Gasteiger partial charge >= 0.3 is 5.97 Å². The SMILES string of the molecule is Cc1cc([C@@H](C)Nc2ccc(Cl)nc2C(=O)O)c2nc(NCC3CC3)c(C#N)nc2c1. The highest BCUT2D eigenvalue weighted by molar-refractivity contribution is 6.29. The van der Waals surface area contributed by atoms with Crippen molar-refractivity contribution in [2.45, 2.75) is 32.7 Å². The number of anilines is 2. The van der Waals surface area contributed by atoms with Gasteiger partial charge in [-0.2, -0.15) is 5.26 Å². The number of hydrogen-bond donors (Lipinski definition) is 3. The third kappa shape index (κ3) is 4.52. The number of aryl methyl sites for hydroxylation is 1. The zero-order valence-electron chi connectivity index (χ0n) is 17.1. The molecule has 0 saturated heterocycles. The zero-order valence-corrected chi connectivity index (χ0v) is 17.9. The number of carboxylic acid groups (broad SMARTS) is 1. The Kier molecular flexibility index (Phi) is 5.61. The van der Waals surface area contributed by atoms with Gasteiger partial charge in [-0.15, -0.1) is 0 Å². The molecule has 1 aromatic carbocycles. The Morgan fingerprint density at radius 2 is 2.10 bits per heavy atom. The highest BCUT2D eigenvalue weighted by Crippen LogP contribution is 2.31. The van der Waals surface area contributed by atoms with Gasteiger partial charge in [0.25, 0.3) is 0 Å². The summed E-state index contributed by atoms with van der Waals surface area (Å²) in [5.74, 6) is -0.0798. The lowest BCUT2D eigenvalue weighted by Gasteiger charge is -2.19. The third-order valence-corrected chi connectivity index (χ3v) is 5.42. The van der Waals surface area contributed by atoms with Gasteiger partial charge in [-0.25, -0.2) is 19.7 Å². The number of halogens is 1. The molecule has 158 valence electrons. The Balaban J connectivity index is 1.74. The number of pyridine rings is 1. The van der Waals surface area contributed by atoms with Crippen LogP contribution in [-0.4, -0.2) is 32.6 Å². The van der Waals surface area contributed by atoms with Crippen LogP contribution < -0.4 is 10.6 Å². The molecule has 1 aliphatic rings. The van der Waals surface area contributed by atoms with Gasteiger partial charge in [-0.05, 0) is 56.4 Å². The summed E-state index contributed by atoms with van der Waals surface area (Å²) in [6.07, 6.45) is 2.37. The summed E-state index contributed by atoms with van der Waals surface area (Å²) in [5, 5.41) is 25.6. The average Bonchev–Trinajstić information content (AvgIpc) is 3.56. The number of hydrogen-bond acceptors (Lipinski definition) is 7. The number of nitrogens with one attached hydrogen (secondary N) is 2. The molecule has 8 nitrogen and oxygen atoms in total. The molecule has 3 N–H and O–H groups in total. The smallest absolute Gasteiger partial charge is 0.356 e. The quantitative estimate of drug-likeness (QED) is 0.460. The Hall–Kier alpha value is -3.44. The predicted octanol–water partition coefficient (Wildman–Crippen LogP) is 4.55. The standard InChI is InChI=1S/C22H21ClN6O2/c1-11-7-14(12(2)26-15-5-6-18(23)28-20(15)22(30)31)19-16(8-11)27-17(9-24)21(29-19)25-10-13-3-4-13/h5-8,12-13,26H,3-4,10H2,1-2H3,(H,25,29)(H,30,31)/t12-/m1/s1. The van der Waals surface area contributed by atoms with Crippen LogP contribution in [0.15, 0.2) is 24.3 Å².